The van der Waals surface area contributed by atoms with E-state index in [4.69, 9.17) is 34.2 Å². The maximum Gasteiger partial charge on any atom is 0.311 e. The fourth-order valence-electron chi connectivity index (χ4n) is 8.42. The summed E-state index contributed by atoms with van der Waals surface area (Å²) in [7, 11) is 0. The van der Waals surface area contributed by atoms with Crippen molar-refractivity contribution in [3.63, 3.8) is 0 Å². The zero-order valence-electron chi connectivity index (χ0n) is 37.1. The first-order valence-corrected chi connectivity index (χ1v) is 22.1. The highest BCUT2D eigenvalue weighted by molar-refractivity contribution is 5.71. The number of carbonyl (C=O) groups excluding carboxylic acids is 1. The Morgan fingerprint density at radius 1 is 0.703 bits per heavy atom. The van der Waals surface area contributed by atoms with Crippen LogP contribution in [-0.2, 0) is 38.0 Å². The molecular formula is C45H71NO18. The van der Waals surface area contributed by atoms with Crippen LogP contribution in [0.2, 0.25) is 0 Å². The van der Waals surface area contributed by atoms with Crippen LogP contribution in [0.4, 0.5) is 0 Å². The lowest BCUT2D eigenvalue weighted by molar-refractivity contribution is -0.308. The highest BCUT2D eigenvalue weighted by atomic mass is 16.7. The van der Waals surface area contributed by atoms with Crippen LogP contribution in [0.25, 0.3) is 0 Å². The molecule has 0 aromatic carbocycles. The first-order valence-electron chi connectivity index (χ1n) is 22.1. The van der Waals surface area contributed by atoms with Gasteiger partial charge in [-0.2, -0.15) is 0 Å². The Balaban J connectivity index is 1.61. The number of esters is 1. The number of carboxylic acid groups (broad SMARTS) is 1. The van der Waals surface area contributed by atoms with E-state index in [-0.39, 0.29) is 31.6 Å². The largest absolute Gasteiger partial charge is 0.481 e. The lowest BCUT2D eigenvalue weighted by atomic mass is 9.83. The SMILES string of the molecule is CC1OC(=O)C[C@H](O)C(O)CC[C@H](O)CC2(O)CC(O)[C@@H](C(=O)O)C(C[C@@H](O[C@@H]3O[C@H](C)[C@@H](O)[C@H](N)[C@@H]3O)/C=C/C=C/C=C/C=C/C=C/C(C)[C@@H](OC3C[C@@H](O)[C@@H](O)[C@H](C)O3)C1C)O2. The Kier molecular flexibility index (Phi) is 20.7. The molecule has 2 bridgehead atoms. The number of allylic oxidation sites excluding steroid dienone is 8. The third kappa shape index (κ3) is 15.3. The minimum atomic E-state index is -2.26. The number of cyclic esters (lactones) is 1. The van der Waals surface area contributed by atoms with E-state index in [9.17, 15) is 60.7 Å². The second-order valence-corrected chi connectivity index (χ2v) is 17.7. The summed E-state index contributed by atoms with van der Waals surface area (Å²) in [5.74, 6) is -6.82. The van der Waals surface area contributed by atoms with E-state index < -0.39 is 153 Å². The highest BCUT2D eigenvalue weighted by Gasteiger charge is 2.51. The summed E-state index contributed by atoms with van der Waals surface area (Å²) in [5, 5.41) is 107. The zero-order valence-corrected chi connectivity index (χ0v) is 37.1. The van der Waals surface area contributed by atoms with Crippen molar-refractivity contribution in [2.75, 3.05) is 0 Å². The molecule has 3 fully saturated rings. The van der Waals surface area contributed by atoms with E-state index in [0.717, 1.165) is 0 Å². The molecule has 3 saturated heterocycles. The van der Waals surface area contributed by atoms with Crippen LogP contribution >= 0.6 is 0 Å². The number of aliphatic hydroxyl groups excluding tert-OH is 8. The molecule has 4 aliphatic rings. The van der Waals surface area contributed by atoms with Crippen LogP contribution in [0, 0.1) is 17.8 Å². The van der Waals surface area contributed by atoms with Crippen LogP contribution in [-0.4, -0.2) is 173 Å². The second-order valence-electron chi connectivity index (χ2n) is 17.7. The van der Waals surface area contributed by atoms with E-state index in [1.165, 1.54) is 13.0 Å². The Morgan fingerprint density at radius 3 is 1.94 bits per heavy atom. The number of carboxylic acids is 1. The standard InChI is InChI=1S/C45H71NO18/c1-23-14-12-10-8-6-7-9-11-13-15-29(62-44-41(55)38(46)40(54)27(5)61-44)18-34-37(43(56)57)33(51)22-45(58,64-34)21-28(47)16-17-30(48)31(49)19-35(52)59-25(3)24(2)42(23)63-36-20-32(50)39(53)26(4)60-36/h6-15,23-34,36-42,44,47-51,53-55,58H,16-22,46H2,1-5H3,(H,56,57)/b7-6+,10-8+,11-9+,14-12+,15-13+/t23?,24?,25?,26-,27+,28-,29-,30?,31-,32+,33?,34?,36?,37+,38-,39-,40+,41-,42+,44-,45?/m0/s1. The number of carbonyl (C=O) groups is 2. The van der Waals surface area contributed by atoms with Gasteiger partial charge in [0, 0.05) is 37.5 Å². The number of aliphatic carboxylic acids is 1. The van der Waals surface area contributed by atoms with Gasteiger partial charge in [-0.3, -0.25) is 9.59 Å². The first kappa shape index (κ1) is 53.7. The number of ether oxygens (including phenoxy) is 6. The smallest absolute Gasteiger partial charge is 0.311 e. The number of hydrogen-bond acceptors (Lipinski definition) is 18. The molecule has 0 aliphatic carbocycles. The maximum atomic E-state index is 13.1. The number of rotatable bonds is 5. The molecule has 19 heteroatoms. The summed E-state index contributed by atoms with van der Waals surface area (Å²) in [6, 6.07) is -1.14. The quantitative estimate of drug-likeness (QED) is 0.162. The van der Waals surface area contributed by atoms with Crippen molar-refractivity contribution >= 4 is 11.9 Å². The monoisotopic (exact) mass is 913 g/mol. The number of hydrogen-bond donors (Lipinski definition) is 11. The summed E-state index contributed by atoms with van der Waals surface area (Å²) in [5.41, 5.74) is 6.02. The van der Waals surface area contributed by atoms with E-state index in [0.29, 0.717) is 0 Å². The topological polar surface area (TPSA) is 318 Å². The van der Waals surface area contributed by atoms with Gasteiger partial charge in [0.1, 0.15) is 24.2 Å². The van der Waals surface area contributed by atoms with Gasteiger partial charge in [-0.05, 0) is 33.6 Å². The van der Waals surface area contributed by atoms with Crippen LogP contribution in [0.3, 0.4) is 0 Å². The first-order chi connectivity index (χ1) is 30.1. The molecule has 21 atom stereocenters. The fraction of sp³-hybridized carbons (Fsp3) is 0.733. The molecule has 364 valence electrons. The Labute approximate surface area is 374 Å². The van der Waals surface area contributed by atoms with Crippen molar-refractivity contribution in [3.8, 4) is 0 Å². The predicted molar refractivity (Wildman–Crippen MR) is 227 cm³/mol. The molecule has 0 saturated carbocycles. The molecule has 0 spiro atoms. The van der Waals surface area contributed by atoms with Gasteiger partial charge in [-0.25, -0.2) is 0 Å². The molecule has 0 aromatic heterocycles. The van der Waals surface area contributed by atoms with Gasteiger partial charge in [0.25, 0.3) is 0 Å². The molecular weight excluding hydrogens is 842 g/mol. The van der Waals surface area contributed by atoms with Gasteiger partial charge < -0.3 is 85.2 Å². The molecule has 0 amide bonds. The second kappa shape index (κ2) is 24.7. The molecule has 4 aliphatic heterocycles. The molecule has 19 nitrogen and oxygen atoms in total. The number of fused-ring (bicyclic) bond motifs is 2. The van der Waals surface area contributed by atoms with Crippen molar-refractivity contribution in [1.29, 1.82) is 0 Å². The third-order valence-electron chi connectivity index (χ3n) is 12.4. The predicted octanol–water partition coefficient (Wildman–Crippen LogP) is -0.0217. The molecule has 0 radical (unpaired) electrons. The number of aliphatic hydroxyl groups is 9. The van der Waals surface area contributed by atoms with Gasteiger partial charge in [-0.1, -0.05) is 74.6 Å². The lowest BCUT2D eigenvalue weighted by Crippen LogP contribution is -2.61. The molecule has 0 aromatic rings. The Bertz CT molecular complexity index is 1610. The molecule has 12 N–H and O–H groups in total. The molecule has 8 unspecified atom stereocenters. The van der Waals surface area contributed by atoms with Gasteiger partial charge in [0.15, 0.2) is 18.4 Å². The average Bonchev–Trinajstić information content (AvgIpc) is 3.21. The summed E-state index contributed by atoms with van der Waals surface area (Å²) in [6.45, 7) is 8.53. The lowest BCUT2D eigenvalue weighted by Gasteiger charge is -2.45. The van der Waals surface area contributed by atoms with Crippen LogP contribution in [0.15, 0.2) is 60.8 Å². The van der Waals surface area contributed by atoms with E-state index in [2.05, 4.69) is 0 Å². The third-order valence-corrected chi connectivity index (χ3v) is 12.4. The summed E-state index contributed by atoms with van der Waals surface area (Å²) >= 11 is 0. The number of nitrogens with two attached hydrogens (primary N) is 1. The van der Waals surface area contributed by atoms with Gasteiger partial charge >= 0.3 is 11.9 Å². The van der Waals surface area contributed by atoms with Crippen molar-refractivity contribution in [1.82, 2.24) is 0 Å². The van der Waals surface area contributed by atoms with E-state index in [1.54, 1.807) is 62.5 Å². The average molecular weight is 914 g/mol. The van der Waals surface area contributed by atoms with Crippen molar-refractivity contribution in [2.24, 2.45) is 23.5 Å². The van der Waals surface area contributed by atoms with Crippen LogP contribution in [0.1, 0.15) is 79.6 Å². The van der Waals surface area contributed by atoms with E-state index in [1.807, 2.05) is 19.9 Å². The normalized spacial score (nSPS) is 47.8. The molecule has 4 rings (SSSR count). The van der Waals surface area contributed by atoms with Gasteiger partial charge in [-0.15, -0.1) is 0 Å². The van der Waals surface area contributed by atoms with Crippen molar-refractivity contribution in [3.05, 3.63) is 60.8 Å². The van der Waals surface area contributed by atoms with Crippen molar-refractivity contribution < 1.29 is 89.1 Å². The van der Waals surface area contributed by atoms with Gasteiger partial charge in [0.05, 0.1) is 79.6 Å². The minimum Gasteiger partial charge on any atom is -0.481 e. The minimum absolute atomic E-state index is 0.0101. The Morgan fingerprint density at radius 2 is 1.31 bits per heavy atom. The fourth-order valence-corrected chi connectivity index (χ4v) is 8.42. The Hall–Kier alpha value is -2.96. The summed E-state index contributed by atoms with van der Waals surface area (Å²) in [6.07, 6.45) is -3.98. The highest BCUT2D eigenvalue weighted by Crippen LogP contribution is 2.38. The molecule has 4 heterocycles. The van der Waals surface area contributed by atoms with Crippen molar-refractivity contribution in [2.45, 2.75) is 189 Å². The summed E-state index contributed by atoms with van der Waals surface area (Å²) < 4.78 is 35.6. The van der Waals surface area contributed by atoms with Crippen LogP contribution in [0.5, 0.6) is 0 Å². The maximum absolute atomic E-state index is 13.1. The molecule has 64 heavy (non-hydrogen) atoms. The van der Waals surface area contributed by atoms with Crippen LogP contribution < -0.4 is 5.73 Å². The summed E-state index contributed by atoms with van der Waals surface area (Å²) in [4.78, 5) is 25.5. The van der Waals surface area contributed by atoms with E-state index >= 15 is 0 Å². The van der Waals surface area contributed by atoms with Gasteiger partial charge in [0.2, 0.25) is 0 Å². The zero-order chi connectivity index (χ0) is 47.5.